The van der Waals surface area contributed by atoms with Crippen molar-refractivity contribution in [2.75, 3.05) is 0 Å². The summed E-state index contributed by atoms with van der Waals surface area (Å²) in [4.78, 5) is 0. The zero-order valence-electron chi connectivity index (χ0n) is 9.73. The minimum Gasteiger partial charge on any atom is -0.176 e. The van der Waals surface area contributed by atoms with Gasteiger partial charge in [0.25, 0.3) is 0 Å². The average molecular weight is 242 g/mol. The van der Waals surface area contributed by atoms with Crippen molar-refractivity contribution in [1.29, 1.82) is 0 Å². The van der Waals surface area contributed by atoms with E-state index < -0.39 is 0 Å². The molecule has 1 saturated heterocycles. The summed E-state index contributed by atoms with van der Waals surface area (Å²) in [5, 5.41) is 2.82. The molecule has 86 valence electrons. The smallest absolute Gasteiger partial charge is 0.0113 e. The molecule has 3 aliphatic rings. The van der Waals surface area contributed by atoms with Gasteiger partial charge < -0.3 is 0 Å². The van der Waals surface area contributed by atoms with Crippen molar-refractivity contribution in [3.05, 3.63) is 0 Å². The van der Waals surface area contributed by atoms with Crippen LogP contribution in [0.15, 0.2) is 0 Å². The molecule has 0 nitrogen and oxygen atoms in total. The molecule has 3 fully saturated rings. The fourth-order valence-electron chi connectivity index (χ4n) is 3.54. The van der Waals surface area contributed by atoms with Crippen molar-refractivity contribution in [3.63, 3.8) is 0 Å². The van der Waals surface area contributed by atoms with E-state index in [9.17, 15) is 0 Å². The van der Waals surface area contributed by atoms with Gasteiger partial charge in [-0.3, -0.25) is 0 Å². The normalized spacial score (nSPS) is 52.8. The molecule has 0 aromatic carbocycles. The number of hydrogen-bond donors (Lipinski definition) is 1. The second-order valence-electron chi connectivity index (χ2n) is 6.22. The molecule has 3 rings (SSSR count). The van der Waals surface area contributed by atoms with Crippen LogP contribution in [0.2, 0.25) is 0 Å². The lowest BCUT2D eigenvalue weighted by Gasteiger charge is -2.37. The van der Waals surface area contributed by atoms with Crippen molar-refractivity contribution in [2.24, 2.45) is 23.7 Å². The fourth-order valence-corrected chi connectivity index (χ4v) is 6.20. The SMILES string of the molecule is CC(C)CC1C2CC(C3CC(S)C3)SC12. The number of rotatable bonds is 3. The van der Waals surface area contributed by atoms with Gasteiger partial charge in [-0.15, -0.1) is 0 Å². The first-order valence-corrected chi connectivity index (χ1v) is 7.94. The molecule has 0 spiro atoms. The Morgan fingerprint density at radius 2 is 2.00 bits per heavy atom. The van der Waals surface area contributed by atoms with Crippen LogP contribution in [0.5, 0.6) is 0 Å². The highest BCUT2D eigenvalue weighted by molar-refractivity contribution is 8.01. The van der Waals surface area contributed by atoms with Gasteiger partial charge in [-0.25, -0.2) is 0 Å². The van der Waals surface area contributed by atoms with Crippen LogP contribution >= 0.6 is 24.4 Å². The molecule has 0 aromatic heterocycles. The second-order valence-corrected chi connectivity index (χ2v) is 8.37. The van der Waals surface area contributed by atoms with E-state index in [1.165, 1.54) is 25.7 Å². The molecule has 0 aromatic rings. The van der Waals surface area contributed by atoms with Crippen LogP contribution in [0.4, 0.5) is 0 Å². The maximum atomic E-state index is 4.52. The molecule has 2 heteroatoms. The Bertz CT molecular complexity index is 233. The van der Waals surface area contributed by atoms with Gasteiger partial charge in [0.1, 0.15) is 0 Å². The molecular weight excluding hydrogens is 220 g/mol. The molecule has 4 unspecified atom stereocenters. The van der Waals surface area contributed by atoms with Gasteiger partial charge in [0.05, 0.1) is 0 Å². The number of hydrogen-bond acceptors (Lipinski definition) is 2. The third-order valence-corrected chi connectivity index (χ3v) is 6.87. The van der Waals surface area contributed by atoms with Gasteiger partial charge in [0.15, 0.2) is 0 Å². The number of fused-ring (bicyclic) bond motifs is 1. The molecule has 1 aliphatic heterocycles. The van der Waals surface area contributed by atoms with E-state index in [0.717, 1.165) is 39.4 Å². The first-order chi connectivity index (χ1) is 7.15. The summed E-state index contributed by atoms with van der Waals surface area (Å²) in [5.41, 5.74) is 0. The fraction of sp³-hybridized carbons (Fsp3) is 1.00. The van der Waals surface area contributed by atoms with Crippen LogP contribution < -0.4 is 0 Å². The third-order valence-electron chi connectivity index (χ3n) is 4.51. The summed E-state index contributed by atoms with van der Waals surface area (Å²) < 4.78 is 0. The van der Waals surface area contributed by atoms with E-state index in [4.69, 9.17) is 0 Å². The third kappa shape index (κ3) is 1.97. The van der Waals surface area contributed by atoms with Crippen LogP contribution in [0.3, 0.4) is 0 Å². The summed E-state index contributed by atoms with van der Waals surface area (Å²) in [6.45, 7) is 4.74. The minimum absolute atomic E-state index is 0.735. The predicted molar refractivity (Wildman–Crippen MR) is 71.7 cm³/mol. The molecule has 2 saturated carbocycles. The van der Waals surface area contributed by atoms with Gasteiger partial charge in [-0.2, -0.15) is 24.4 Å². The first kappa shape index (κ1) is 10.8. The Morgan fingerprint density at radius 3 is 2.47 bits per heavy atom. The molecule has 1 heterocycles. The van der Waals surface area contributed by atoms with E-state index in [2.05, 4.69) is 38.2 Å². The summed E-state index contributed by atoms with van der Waals surface area (Å²) in [5.74, 6) is 4.15. The van der Waals surface area contributed by atoms with Crippen molar-refractivity contribution >= 4 is 24.4 Å². The van der Waals surface area contributed by atoms with E-state index in [1.54, 1.807) is 0 Å². The van der Waals surface area contributed by atoms with Crippen LogP contribution in [0, 0.1) is 23.7 Å². The van der Waals surface area contributed by atoms with Crippen molar-refractivity contribution in [2.45, 2.75) is 55.3 Å². The highest BCUT2D eigenvalue weighted by atomic mass is 32.2. The van der Waals surface area contributed by atoms with Crippen LogP contribution in [0.25, 0.3) is 0 Å². The standard InChI is InChI=1S/C13H22S2/c1-7(2)3-10-11-6-12(15-13(10)11)8-4-9(14)5-8/h7-14H,3-6H2,1-2H3. The molecule has 0 amide bonds. The highest BCUT2D eigenvalue weighted by Crippen LogP contribution is 2.64. The van der Waals surface area contributed by atoms with Crippen molar-refractivity contribution in [1.82, 2.24) is 0 Å². The van der Waals surface area contributed by atoms with Crippen LogP contribution in [-0.2, 0) is 0 Å². The van der Waals surface area contributed by atoms with E-state index in [0.29, 0.717) is 0 Å². The van der Waals surface area contributed by atoms with E-state index >= 15 is 0 Å². The van der Waals surface area contributed by atoms with E-state index in [-0.39, 0.29) is 0 Å². The molecule has 2 aliphatic carbocycles. The van der Waals surface area contributed by atoms with Gasteiger partial charge in [-0.1, -0.05) is 13.8 Å². The summed E-state index contributed by atoms with van der Waals surface area (Å²) in [6, 6.07) is 0. The minimum atomic E-state index is 0.735. The van der Waals surface area contributed by atoms with Gasteiger partial charge in [0.2, 0.25) is 0 Å². The Morgan fingerprint density at radius 1 is 1.27 bits per heavy atom. The van der Waals surface area contributed by atoms with Gasteiger partial charge in [0, 0.05) is 15.7 Å². The maximum Gasteiger partial charge on any atom is 0.0113 e. The number of thiol groups is 1. The van der Waals surface area contributed by atoms with E-state index in [1.807, 2.05) is 0 Å². The molecular formula is C13H22S2. The lowest BCUT2D eigenvalue weighted by molar-refractivity contribution is 0.306. The summed E-state index contributed by atoms with van der Waals surface area (Å²) in [7, 11) is 0. The molecule has 0 bridgehead atoms. The molecule has 0 radical (unpaired) electrons. The van der Waals surface area contributed by atoms with Crippen molar-refractivity contribution < 1.29 is 0 Å². The zero-order chi connectivity index (χ0) is 10.6. The zero-order valence-corrected chi connectivity index (χ0v) is 11.4. The largest absolute Gasteiger partial charge is 0.176 e. The Hall–Kier alpha value is 0.700. The summed E-state index contributed by atoms with van der Waals surface area (Å²) >= 11 is 6.87. The monoisotopic (exact) mass is 242 g/mol. The van der Waals surface area contributed by atoms with Gasteiger partial charge in [-0.05, 0) is 49.4 Å². The number of thioether (sulfide) groups is 1. The Labute approximate surface area is 103 Å². The molecule has 4 atom stereocenters. The topological polar surface area (TPSA) is 0 Å². The average Bonchev–Trinajstić information content (AvgIpc) is 2.61. The molecule has 15 heavy (non-hydrogen) atoms. The molecule has 0 N–H and O–H groups in total. The first-order valence-electron chi connectivity index (χ1n) is 6.48. The van der Waals surface area contributed by atoms with Crippen LogP contribution in [0.1, 0.15) is 39.5 Å². The lowest BCUT2D eigenvalue weighted by Crippen LogP contribution is -2.32. The Balaban J connectivity index is 1.45. The highest BCUT2D eigenvalue weighted by Gasteiger charge is 2.58. The van der Waals surface area contributed by atoms with Crippen LogP contribution in [-0.4, -0.2) is 15.7 Å². The maximum absolute atomic E-state index is 4.52. The summed E-state index contributed by atoms with van der Waals surface area (Å²) in [6.07, 6.45) is 5.82. The van der Waals surface area contributed by atoms with Crippen molar-refractivity contribution in [3.8, 4) is 0 Å². The Kier molecular flexibility index (Phi) is 2.79. The quantitative estimate of drug-likeness (QED) is 0.733. The van der Waals surface area contributed by atoms with Gasteiger partial charge >= 0.3 is 0 Å². The predicted octanol–water partition coefficient (Wildman–Crippen LogP) is 3.86. The lowest BCUT2D eigenvalue weighted by atomic mass is 9.80. The second kappa shape index (κ2) is 3.87.